The van der Waals surface area contributed by atoms with Crippen LogP contribution in [0.5, 0.6) is 0 Å². The lowest BCUT2D eigenvalue weighted by atomic mass is 10.1. The average Bonchev–Trinajstić information content (AvgIpc) is 2.23. The summed E-state index contributed by atoms with van der Waals surface area (Å²) in [6, 6.07) is 5.67. The summed E-state index contributed by atoms with van der Waals surface area (Å²) in [5.41, 5.74) is 1.94. The van der Waals surface area contributed by atoms with Gasteiger partial charge in [0.1, 0.15) is 0 Å². The first-order valence-electron chi connectivity index (χ1n) is 5.09. The van der Waals surface area contributed by atoms with Crippen molar-refractivity contribution >= 4 is 17.5 Å². The molecular formula is C13H14ClNO. The van der Waals surface area contributed by atoms with E-state index < -0.39 is 0 Å². The van der Waals surface area contributed by atoms with Gasteiger partial charge in [-0.2, -0.15) is 0 Å². The molecule has 0 aromatic heterocycles. The molecule has 1 rings (SSSR count). The SMILES string of the molecule is CC(=O)NCCC#Cc1cccc(Cl)c1C. The fourth-order valence-electron chi connectivity index (χ4n) is 1.20. The van der Waals surface area contributed by atoms with Crippen LogP contribution in [0.1, 0.15) is 24.5 Å². The number of hydrogen-bond acceptors (Lipinski definition) is 1. The Hall–Kier alpha value is -1.46. The topological polar surface area (TPSA) is 29.1 Å². The Morgan fingerprint density at radius 2 is 2.25 bits per heavy atom. The largest absolute Gasteiger partial charge is 0.355 e. The normalized spacial score (nSPS) is 9.19. The van der Waals surface area contributed by atoms with E-state index in [-0.39, 0.29) is 5.91 Å². The van der Waals surface area contributed by atoms with Gasteiger partial charge in [0, 0.05) is 30.5 Å². The molecule has 2 nitrogen and oxygen atoms in total. The highest BCUT2D eigenvalue weighted by atomic mass is 35.5. The lowest BCUT2D eigenvalue weighted by Crippen LogP contribution is -2.20. The molecule has 0 spiro atoms. The lowest BCUT2D eigenvalue weighted by Gasteiger charge is -1.99. The van der Waals surface area contributed by atoms with Gasteiger partial charge >= 0.3 is 0 Å². The van der Waals surface area contributed by atoms with Crippen LogP contribution in [0.4, 0.5) is 0 Å². The molecule has 0 radical (unpaired) electrons. The van der Waals surface area contributed by atoms with Crippen molar-refractivity contribution < 1.29 is 4.79 Å². The van der Waals surface area contributed by atoms with Crippen LogP contribution in [-0.4, -0.2) is 12.5 Å². The summed E-state index contributed by atoms with van der Waals surface area (Å²) in [5.74, 6) is 6.02. The standard InChI is InChI=1S/C13H14ClNO/c1-10-12(7-5-8-13(10)14)6-3-4-9-15-11(2)16/h5,7-8H,4,9H2,1-2H3,(H,15,16). The van der Waals surface area contributed by atoms with E-state index in [1.165, 1.54) is 6.92 Å². The van der Waals surface area contributed by atoms with Gasteiger partial charge in [0.25, 0.3) is 0 Å². The zero-order valence-electron chi connectivity index (χ0n) is 9.43. The van der Waals surface area contributed by atoms with Crippen LogP contribution < -0.4 is 5.32 Å². The Kier molecular flexibility index (Phi) is 4.88. The van der Waals surface area contributed by atoms with E-state index in [0.717, 1.165) is 16.1 Å². The monoisotopic (exact) mass is 235 g/mol. The number of nitrogens with one attached hydrogen (secondary N) is 1. The molecule has 84 valence electrons. The van der Waals surface area contributed by atoms with Gasteiger partial charge in [-0.25, -0.2) is 0 Å². The Labute approximate surface area is 101 Å². The first kappa shape index (κ1) is 12.6. The molecule has 0 aliphatic rings. The van der Waals surface area contributed by atoms with E-state index in [0.29, 0.717) is 13.0 Å². The zero-order chi connectivity index (χ0) is 12.0. The molecule has 1 aromatic carbocycles. The van der Waals surface area contributed by atoms with E-state index in [9.17, 15) is 4.79 Å². The highest BCUT2D eigenvalue weighted by Gasteiger charge is 1.97. The van der Waals surface area contributed by atoms with Crippen molar-refractivity contribution in [3.05, 3.63) is 34.3 Å². The Bertz CT molecular complexity index is 443. The second-order valence-electron chi connectivity index (χ2n) is 3.45. The number of benzene rings is 1. The molecule has 1 aromatic rings. The summed E-state index contributed by atoms with van der Waals surface area (Å²) >= 11 is 5.97. The van der Waals surface area contributed by atoms with Gasteiger partial charge in [-0.1, -0.05) is 29.5 Å². The third kappa shape index (κ3) is 3.96. The second kappa shape index (κ2) is 6.19. The predicted molar refractivity (Wildman–Crippen MR) is 66.4 cm³/mol. The molecule has 0 aliphatic carbocycles. The van der Waals surface area contributed by atoms with E-state index in [1.54, 1.807) is 0 Å². The summed E-state index contributed by atoms with van der Waals surface area (Å²) in [6.45, 7) is 4.02. The fourth-order valence-corrected chi connectivity index (χ4v) is 1.38. The molecule has 0 heterocycles. The van der Waals surface area contributed by atoms with Gasteiger partial charge in [-0.05, 0) is 24.6 Å². The van der Waals surface area contributed by atoms with Crippen LogP contribution in [0, 0.1) is 18.8 Å². The van der Waals surface area contributed by atoms with Crippen LogP contribution in [0.2, 0.25) is 5.02 Å². The van der Waals surface area contributed by atoms with Crippen molar-refractivity contribution in [2.24, 2.45) is 0 Å². The first-order valence-corrected chi connectivity index (χ1v) is 5.47. The van der Waals surface area contributed by atoms with Crippen LogP contribution in [0.25, 0.3) is 0 Å². The molecule has 0 aliphatic heterocycles. The minimum atomic E-state index is -0.0271. The zero-order valence-corrected chi connectivity index (χ0v) is 10.2. The highest BCUT2D eigenvalue weighted by molar-refractivity contribution is 6.31. The Balaban J connectivity index is 2.56. The minimum absolute atomic E-state index is 0.0271. The fraction of sp³-hybridized carbons (Fsp3) is 0.308. The molecule has 0 unspecified atom stereocenters. The van der Waals surface area contributed by atoms with Gasteiger partial charge in [0.2, 0.25) is 5.91 Å². The lowest BCUT2D eigenvalue weighted by molar-refractivity contribution is -0.118. The quantitative estimate of drug-likeness (QED) is 0.620. The maximum Gasteiger partial charge on any atom is 0.216 e. The molecule has 0 saturated heterocycles. The van der Waals surface area contributed by atoms with Crippen molar-refractivity contribution in [2.75, 3.05) is 6.54 Å². The van der Waals surface area contributed by atoms with Gasteiger partial charge in [-0.15, -0.1) is 0 Å². The van der Waals surface area contributed by atoms with Crippen molar-refractivity contribution in [1.29, 1.82) is 0 Å². The molecule has 1 amide bonds. The minimum Gasteiger partial charge on any atom is -0.355 e. The second-order valence-corrected chi connectivity index (χ2v) is 3.85. The molecular weight excluding hydrogens is 222 g/mol. The maximum absolute atomic E-state index is 10.6. The Morgan fingerprint density at radius 1 is 1.50 bits per heavy atom. The summed E-state index contributed by atoms with van der Waals surface area (Å²) in [4.78, 5) is 10.6. The summed E-state index contributed by atoms with van der Waals surface area (Å²) in [5, 5.41) is 3.42. The number of halogens is 1. The molecule has 3 heteroatoms. The van der Waals surface area contributed by atoms with Crippen molar-refractivity contribution in [1.82, 2.24) is 5.32 Å². The predicted octanol–water partition coefficient (Wildman–Crippen LogP) is 2.53. The van der Waals surface area contributed by atoms with E-state index in [4.69, 9.17) is 11.6 Å². The van der Waals surface area contributed by atoms with Crippen LogP contribution in [-0.2, 0) is 4.79 Å². The number of carbonyl (C=O) groups is 1. The molecule has 0 bridgehead atoms. The van der Waals surface area contributed by atoms with E-state index >= 15 is 0 Å². The van der Waals surface area contributed by atoms with Crippen molar-refractivity contribution in [3.8, 4) is 11.8 Å². The van der Waals surface area contributed by atoms with Gasteiger partial charge in [0.15, 0.2) is 0 Å². The summed E-state index contributed by atoms with van der Waals surface area (Å²) in [7, 11) is 0. The third-order valence-electron chi connectivity index (χ3n) is 2.11. The number of amides is 1. The van der Waals surface area contributed by atoms with E-state index in [2.05, 4.69) is 17.2 Å². The van der Waals surface area contributed by atoms with Gasteiger partial charge < -0.3 is 5.32 Å². The Morgan fingerprint density at radius 3 is 2.94 bits per heavy atom. The van der Waals surface area contributed by atoms with Crippen LogP contribution in [0.3, 0.4) is 0 Å². The van der Waals surface area contributed by atoms with Gasteiger partial charge in [-0.3, -0.25) is 4.79 Å². The first-order chi connectivity index (χ1) is 7.61. The van der Waals surface area contributed by atoms with Crippen LogP contribution in [0.15, 0.2) is 18.2 Å². The van der Waals surface area contributed by atoms with Crippen molar-refractivity contribution in [3.63, 3.8) is 0 Å². The van der Waals surface area contributed by atoms with Gasteiger partial charge in [0.05, 0.1) is 0 Å². The van der Waals surface area contributed by atoms with Crippen molar-refractivity contribution in [2.45, 2.75) is 20.3 Å². The molecule has 1 N–H and O–H groups in total. The smallest absolute Gasteiger partial charge is 0.216 e. The number of rotatable bonds is 2. The molecule has 0 atom stereocenters. The summed E-state index contributed by atoms with van der Waals surface area (Å²) in [6.07, 6.45) is 0.644. The van der Waals surface area contributed by atoms with Crippen LogP contribution >= 0.6 is 11.6 Å². The number of hydrogen-bond donors (Lipinski definition) is 1. The maximum atomic E-state index is 10.6. The summed E-state index contributed by atoms with van der Waals surface area (Å²) < 4.78 is 0. The van der Waals surface area contributed by atoms with E-state index in [1.807, 2.05) is 25.1 Å². The highest BCUT2D eigenvalue weighted by Crippen LogP contribution is 2.17. The third-order valence-corrected chi connectivity index (χ3v) is 2.52. The average molecular weight is 236 g/mol. The molecule has 0 fully saturated rings. The number of carbonyl (C=O) groups excluding carboxylic acids is 1. The molecule has 16 heavy (non-hydrogen) atoms. The molecule has 0 saturated carbocycles.